The van der Waals surface area contributed by atoms with Crippen LogP contribution < -0.4 is 4.74 Å². The second-order valence-electron chi connectivity index (χ2n) is 3.46. The summed E-state index contributed by atoms with van der Waals surface area (Å²) in [4.78, 5) is 11.0. The minimum Gasteiger partial charge on any atom is -0.493 e. The van der Waals surface area contributed by atoms with Crippen LogP contribution in [0, 0.1) is 17.5 Å². The summed E-state index contributed by atoms with van der Waals surface area (Å²) in [5.41, 5.74) is 0. The third-order valence-electron chi connectivity index (χ3n) is 2.06. The Morgan fingerprint density at radius 3 is 2.39 bits per heavy atom. The molecule has 1 aromatic carbocycles. The van der Waals surface area contributed by atoms with Crippen LogP contribution in [-0.4, -0.2) is 19.2 Å². The highest BCUT2D eigenvalue weighted by molar-refractivity contribution is 5.69. The molecule has 0 radical (unpaired) electrons. The molecule has 0 N–H and O–H groups in total. The number of carbonyl (C=O) groups excluding carboxylic acids is 1. The van der Waals surface area contributed by atoms with E-state index in [4.69, 9.17) is 4.74 Å². The topological polar surface area (TPSA) is 35.5 Å². The molecule has 0 heterocycles. The van der Waals surface area contributed by atoms with Gasteiger partial charge in [-0.25, -0.2) is 13.2 Å². The van der Waals surface area contributed by atoms with E-state index >= 15 is 0 Å². The Bertz CT molecular complexity index is 398. The third kappa shape index (κ3) is 4.27. The van der Waals surface area contributed by atoms with Gasteiger partial charge in [0.05, 0.1) is 13.2 Å². The fourth-order valence-electron chi connectivity index (χ4n) is 1.26. The Kier molecular flexibility index (Phi) is 5.48. The molecule has 0 bridgehead atoms. The lowest BCUT2D eigenvalue weighted by Gasteiger charge is -2.06. The number of rotatable bonds is 6. The second-order valence-corrected chi connectivity index (χ2v) is 3.46. The van der Waals surface area contributed by atoms with Crippen molar-refractivity contribution in [3.63, 3.8) is 0 Å². The van der Waals surface area contributed by atoms with E-state index < -0.39 is 17.5 Å². The Morgan fingerprint density at radius 1 is 1.22 bits per heavy atom. The smallest absolute Gasteiger partial charge is 0.305 e. The number of halogens is 3. The minimum absolute atomic E-state index is 0.0866. The van der Waals surface area contributed by atoms with E-state index in [1.807, 2.05) is 0 Å². The molecule has 0 unspecified atom stereocenters. The average molecular weight is 262 g/mol. The molecule has 1 aromatic rings. The maximum atomic E-state index is 12.8. The Labute approximate surface area is 103 Å². The maximum absolute atomic E-state index is 12.8. The summed E-state index contributed by atoms with van der Waals surface area (Å²) in [6.07, 6.45) is 0.499. The van der Waals surface area contributed by atoms with Crippen molar-refractivity contribution in [2.75, 3.05) is 13.2 Å². The van der Waals surface area contributed by atoms with Crippen LogP contribution in [0.3, 0.4) is 0 Å². The molecule has 100 valence electrons. The van der Waals surface area contributed by atoms with Crippen molar-refractivity contribution in [2.45, 2.75) is 19.8 Å². The van der Waals surface area contributed by atoms with Crippen LogP contribution in [0.25, 0.3) is 0 Å². The molecule has 0 aliphatic heterocycles. The van der Waals surface area contributed by atoms with Crippen LogP contribution >= 0.6 is 0 Å². The van der Waals surface area contributed by atoms with Gasteiger partial charge in [0.15, 0.2) is 17.5 Å². The van der Waals surface area contributed by atoms with Gasteiger partial charge < -0.3 is 9.47 Å². The predicted octanol–water partition coefficient (Wildman–Crippen LogP) is 2.83. The van der Waals surface area contributed by atoms with Gasteiger partial charge in [-0.15, -0.1) is 0 Å². The van der Waals surface area contributed by atoms with Gasteiger partial charge in [0.25, 0.3) is 0 Å². The largest absolute Gasteiger partial charge is 0.493 e. The van der Waals surface area contributed by atoms with Gasteiger partial charge in [-0.1, -0.05) is 0 Å². The summed E-state index contributed by atoms with van der Waals surface area (Å²) in [6, 6.07) is 1.51. The lowest BCUT2D eigenvalue weighted by atomic mass is 10.3. The van der Waals surface area contributed by atoms with Crippen molar-refractivity contribution >= 4 is 5.97 Å². The highest BCUT2D eigenvalue weighted by Gasteiger charge is 2.11. The molecular weight excluding hydrogens is 249 g/mol. The highest BCUT2D eigenvalue weighted by atomic mass is 19.2. The molecule has 0 atom stereocenters. The Hall–Kier alpha value is -1.72. The monoisotopic (exact) mass is 262 g/mol. The molecule has 3 nitrogen and oxygen atoms in total. The fourth-order valence-corrected chi connectivity index (χ4v) is 1.26. The minimum atomic E-state index is -1.53. The van der Waals surface area contributed by atoms with Crippen LogP contribution in [0.2, 0.25) is 0 Å². The van der Waals surface area contributed by atoms with Gasteiger partial charge in [0.2, 0.25) is 0 Å². The first-order valence-electron chi connectivity index (χ1n) is 5.47. The number of benzene rings is 1. The summed E-state index contributed by atoms with van der Waals surface area (Å²) in [5, 5.41) is 0. The number of carbonyl (C=O) groups is 1. The summed E-state index contributed by atoms with van der Waals surface area (Å²) in [5.74, 6) is -4.63. The van der Waals surface area contributed by atoms with E-state index in [9.17, 15) is 18.0 Å². The molecule has 0 aliphatic carbocycles. The van der Waals surface area contributed by atoms with E-state index in [1.165, 1.54) is 0 Å². The Morgan fingerprint density at radius 2 is 1.83 bits per heavy atom. The zero-order valence-corrected chi connectivity index (χ0v) is 9.84. The average Bonchev–Trinajstić information content (AvgIpc) is 2.32. The van der Waals surface area contributed by atoms with Crippen molar-refractivity contribution < 1.29 is 27.4 Å². The first-order chi connectivity index (χ1) is 8.54. The first-order valence-corrected chi connectivity index (χ1v) is 5.47. The molecule has 0 aliphatic rings. The predicted molar refractivity (Wildman–Crippen MR) is 57.7 cm³/mol. The number of esters is 1. The van der Waals surface area contributed by atoms with E-state index in [0.29, 0.717) is 13.0 Å². The molecule has 6 heteroatoms. The standard InChI is InChI=1S/C12H13F3O3/c1-2-17-11(16)4-3-5-18-8-6-9(13)12(15)10(14)7-8/h6-7H,2-5H2,1H3. The van der Waals surface area contributed by atoms with Gasteiger partial charge in [-0.3, -0.25) is 4.79 Å². The van der Waals surface area contributed by atoms with Gasteiger partial charge in [0, 0.05) is 18.6 Å². The zero-order valence-electron chi connectivity index (χ0n) is 9.84. The van der Waals surface area contributed by atoms with Crippen LogP contribution in [0.4, 0.5) is 13.2 Å². The number of ether oxygens (including phenoxy) is 2. The van der Waals surface area contributed by atoms with Crippen LogP contribution in [0.1, 0.15) is 19.8 Å². The SMILES string of the molecule is CCOC(=O)CCCOc1cc(F)c(F)c(F)c1. The van der Waals surface area contributed by atoms with Gasteiger partial charge >= 0.3 is 5.97 Å². The van der Waals surface area contributed by atoms with Crippen LogP contribution in [0.15, 0.2) is 12.1 Å². The summed E-state index contributed by atoms with van der Waals surface area (Å²) in [6.45, 7) is 2.08. The molecule has 0 spiro atoms. The van der Waals surface area contributed by atoms with Crippen molar-refractivity contribution in [1.29, 1.82) is 0 Å². The lowest BCUT2D eigenvalue weighted by molar-refractivity contribution is -0.143. The lowest BCUT2D eigenvalue weighted by Crippen LogP contribution is -2.07. The van der Waals surface area contributed by atoms with E-state index in [-0.39, 0.29) is 24.7 Å². The second kappa shape index (κ2) is 6.88. The molecule has 1 rings (SSSR count). The normalized spacial score (nSPS) is 10.2. The number of hydrogen-bond acceptors (Lipinski definition) is 3. The zero-order chi connectivity index (χ0) is 13.5. The summed E-state index contributed by atoms with van der Waals surface area (Å²) >= 11 is 0. The number of hydrogen-bond donors (Lipinski definition) is 0. The van der Waals surface area contributed by atoms with Gasteiger partial charge in [0.1, 0.15) is 5.75 Å². The molecular formula is C12H13F3O3. The van der Waals surface area contributed by atoms with Crippen LogP contribution in [-0.2, 0) is 9.53 Å². The van der Waals surface area contributed by atoms with Crippen molar-refractivity contribution in [3.8, 4) is 5.75 Å². The summed E-state index contributed by atoms with van der Waals surface area (Å²) < 4.78 is 47.9. The quantitative estimate of drug-likeness (QED) is 0.449. The van der Waals surface area contributed by atoms with E-state index in [1.54, 1.807) is 6.92 Å². The van der Waals surface area contributed by atoms with Gasteiger partial charge in [-0.2, -0.15) is 0 Å². The molecule has 0 aromatic heterocycles. The molecule has 0 amide bonds. The summed E-state index contributed by atoms with van der Waals surface area (Å²) in [7, 11) is 0. The molecule has 18 heavy (non-hydrogen) atoms. The van der Waals surface area contributed by atoms with Gasteiger partial charge in [-0.05, 0) is 13.3 Å². The van der Waals surface area contributed by atoms with E-state index in [2.05, 4.69) is 4.74 Å². The maximum Gasteiger partial charge on any atom is 0.305 e. The van der Waals surface area contributed by atoms with Crippen molar-refractivity contribution in [3.05, 3.63) is 29.6 Å². The first kappa shape index (κ1) is 14.3. The van der Waals surface area contributed by atoms with Crippen LogP contribution in [0.5, 0.6) is 5.75 Å². The van der Waals surface area contributed by atoms with Crippen molar-refractivity contribution in [1.82, 2.24) is 0 Å². The fraction of sp³-hybridized carbons (Fsp3) is 0.417. The molecule has 0 saturated heterocycles. The van der Waals surface area contributed by atoms with Crippen molar-refractivity contribution in [2.24, 2.45) is 0 Å². The molecule has 0 fully saturated rings. The Balaban J connectivity index is 2.38. The highest BCUT2D eigenvalue weighted by Crippen LogP contribution is 2.19. The molecule has 0 saturated carbocycles. The third-order valence-corrected chi connectivity index (χ3v) is 2.06. The van der Waals surface area contributed by atoms with E-state index in [0.717, 1.165) is 12.1 Å².